The van der Waals surface area contributed by atoms with Crippen LogP contribution in [-0.2, 0) is 9.84 Å². The van der Waals surface area contributed by atoms with E-state index in [1.54, 1.807) is 31.2 Å². The van der Waals surface area contributed by atoms with Gasteiger partial charge in [0.1, 0.15) is 5.82 Å². The number of thiocarbonyl (C=S) groups is 1. The summed E-state index contributed by atoms with van der Waals surface area (Å²) in [5.74, 6) is -0.392. The number of sulfone groups is 1. The Balaban J connectivity index is 2.06. The fraction of sp³-hybridized carbons (Fsp3) is 0.133. The molecule has 0 fully saturated rings. The highest BCUT2D eigenvalue weighted by Crippen LogP contribution is 2.17. The lowest BCUT2D eigenvalue weighted by Gasteiger charge is -2.12. The van der Waals surface area contributed by atoms with Crippen molar-refractivity contribution in [2.45, 2.75) is 11.8 Å². The van der Waals surface area contributed by atoms with E-state index < -0.39 is 15.7 Å². The minimum absolute atomic E-state index is 0.217. The number of hydrogen-bond acceptors (Lipinski definition) is 3. The zero-order chi connectivity index (χ0) is 16.3. The van der Waals surface area contributed by atoms with Crippen LogP contribution in [0.2, 0.25) is 0 Å². The Morgan fingerprint density at radius 1 is 1.09 bits per heavy atom. The SMILES string of the molecule is Cc1ccc(NC(=S)Nc2ccc(S(C)(=O)=O)cc2)c(F)c1. The minimum Gasteiger partial charge on any atom is -0.332 e. The molecular formula is C15H15FN2O2S2. The largest absolute Gasteiger partial charge is 0.332 e. The van der Waals surface area contributed by atoms with Crippen molar-refractivity contribution in [2.75, 3.05) is 16.9 Å². The fourth-order valence-corrected chi connectivity index (χ4v) is 2.65. The Bertz CT molecular complexity index is 803. The summed E-state index contributed by atoms with van der Waals surface area (Å²) in [5, 5.41) is 5.85. The summed E-state index contributed by atoms with van der Waals surface area (Å²) in [6.07, 6.45) is 1.14. The summed E-state index contributed by atoms with van der Waals surface area (Å²) in [5.41, 5.74) is 1.70. The third-order valence-electron chi connectivity index (χ3n) is 2.91. The lowest BCUT2D eigenvalue weighted by atomic mass is 10.2. The summed E-state index contributed by atoms with van der Waals surface area (Å²) in [6.45, 7) is 1.80. The first-order chi connectivity index (χ1) is 10.3. The lowest BCUT2D eigenvalue weighted by molar-refractivity contribution is 0.602. The van der Waals surface area contributed by atoms with Crippen LogP contribution in [0.25, 0.3) is 0 Å². The first kappa shape index (κ1) is 16.4. The molecule has 0 aromatic heterocycles. The predicted molar refractivity (Wildman–Crippen MR) is 90.5 cm³/mol. The molecule has 0 spiro atoms. The van der Waals surface area contributed by atoms with Gasteiger partial charge in [-0.3, -0.25) is 0 Å². The molecule has 0 aliphatic heterocycles. The summed E-state index contributed by atoms with van der Waals surface area (Å²) < 4.78 is 36.5. The molecule has 2 aromatic carbocycles. The zero-order valence-electron chi connectivity index (χ0n) is 12.1. The number of rotatable bonds is 3. The molecule has 0 aliphatic rings. The van der Waals surface area contributed by atoms with Crippen LogP contribution < -0.4 is 10.6 Å². The second-order valence-corrected chi connectivity index (χ2v) is 7.28. The van der Waals surface area contributed by atoms with Crippen molar-refractivity contribution < 1.29 is 12.8 Å². The minimum atomic E-state index is -3.23. The average Bonchev–Trinajstić information content (AvgIpc) is 2.41. The van der Waals surface area contributed by atoms with Gasteiger partial charge in [-0.1, -0.05) is 6.07 Å². The summed E-state index contributed by atoms with van der Waals surface area (Å²) in [7, 11) is -3.23. The van der Waals surface area contributed by atoms with E-state index in [1.165, 1.54) is 18.2 Å². The van der Waals surface area contributed by atoms with Crippen molar-refractivity contribution in [1.29, 1.82) is 0 Å². The van der Waals surface area contributed by atoms with Crippen LogP contribution >= 0.6 is 12.2 Å². The van der Waals surface area contributed by atoms with Crippen molar-refractivity contribution in [3.05, 3.63) is 53.8 Å². The van der Waals surface area contributed by atoms with Crippen LogP contribution in [0.4, 0.5) is 15.8 Å². The zero-order valence-corrected chi connectivity index (χ0v) is 13.7. The standard InChI is InChI=1S/C15H15FN2O2S2/c1-10-3-8-14(13(16)9-10)18-15(21)17-11-4-6-12(7-5-11)22(2,19)20/h3-9H,1-2H3,(H2,17,18,21). The van der Waals surface area contributed by atoms with Crippen LogP contribution in [0, 0.1) is 12.7 Å². The molecule has 0 aliphatic carbocycles. The first-order valence-electron chi connectivity index (χ1n) is 6.40. The van der Waals surface area contributed by atoms with Crippen LogP contribution in [-0.4, -0.2) is 19.8 Å². The van der Waals surface area contributed by atoms with Gasteiger partial charge in [0.25, 0.3) is 0 Å². The molecule has 2 N–H and O–H groups in total. The maximum absolute atomic E-state index is 13.7. The summed E-state index contributed by atoms with van der Waals surface area (Å²) >= 11 is 5.11. The third-order valence-corrected chi connectivity index (χ3v) is 4.25. The van der Waals surface area contributed by atoms with Gasteiger partial charge in [-0.25, -0.2) is 12.8 Å². The van der Waals surface area contributed by atoms with Crippen molar-refractivity contribution in [2.24, 2.45) is 0 Å². The highest BCUT2D eigenvalue weighted by atomic mass is 32.2. The topological polar surface area (TPSA) is 58.2 Å². The van der Waals surface area contributed by atoms with E-state index >= 15 is 0 Å². The van der Waals surface area contributed by atoms with Gasteiger partial charge in [0.15, 0.2) is 14.9 Å². The van der Waals surface area contributed by atoms with E-state index in [2.05, 4.69) is 10.6 Å². The van der Waals surface area contributed by atoms with E-state index in [0.29, 0.717) is 5.69 Å². The molecule has 0 amide bonds. The van der Waals surface area contributed by atoms with Crippen LogP contribution in [0.3, 0.4) is 0 Å². The molecular weight excluding hydrogens is 323 g/mol. The van der Waals surface area contributed by atoms with Gasteiger partial charge in [0, 0.05) is 11.9 Å². The smallest absolute Gasteiger partial charge is 0.175 e. The second-order valence-electron chi connectivity index (χ2n) is 4.86. The van der Waals surface area contributed by atoms with Crippen molar-refractivity contribution in [3.63, 3.8) is 0 Å². The molecule has 0 heterocycles. The quantitative estimate of drug-likeness (QED) is 0.841. The van der Waals surface area contributed by atoms with Gasteiger partial charge in [-0.05, 0) is 61.1 Å². The van der Waals surface area contributed by atoms with Gasteiger partial charge in [0.2, 0.25) is 0 Å². The molecule has 0 atom stereocenters. The molecule has 2 rings (SSSR count). The predicted octanol–water partition coefficient (Wildman–Crippen LogP) is 3.35. The molecule has 4 nitrogen and oxygen atoms in total. The van der Waals surface area contributed by atoms with E-state index in [4.69, 9.17) is 12.2 Å². The number of hydrogen-bond donors (Lipinski definition) is 2. The van der Waals surface area contributed by atoms with Gasteiger partial charge in [0.05, 0.1) is 10.6 Å². The molecule has 7 heteroatoms. The van der Waals surface area contributed by atoms with Gasteiger partial charge >= 0.3 is 0 Å². The normalized spacial score (nSPS) is 11.0. The Labute approximate surface area is 134 Å². The number of anilines is 2. The van der Waals surface area contributed by atoms with Crippen LogP contribution in [0.1, 0.15) is 5.56 Å². The molecule has 0 radical (unpaired) electrons. The molecule has 22 heavy (non-hydrogen) atoms. The Kier molecular flexibility index (Phi) is 4.77. The molecule has 0 saturated heterocycles. The lowest BCUT2D eigenvalue weighted by Crippen LogP contribution is -2.19. The maximum atomic E-state index is 13.7. The highest BCUT2D eigenvalue weighted by Gasteiger charge is 2.07. The molecule has 0 unspecified atom stereocenters. The maximum Gasteiger partial charge on any atom is 0.175 e. The van der Waals surface area contributed by atoms with E-state index in [9.17, 15) is 12.8 Å². The third kappa shape index (κ3) is 4.25. The van der Waals surface area contributed by atoms with Crippen LogP contribution in [0.5, 0.6) is 0 Å². The van der Waals surface area contributed by atoms with Crippen molar-refractivity contribution in [3.8, 4) is 0 Å². The van der Waals surface area contributed by atoms with Gasteiger partial charge < -0.3 is 10.6 Å². The number of aryl methyl sites for hydroxylation is 1. The van der Waals surface area contributed by atoms with E-state index in [0.717, 1.165) is 11.8 Å². The van der Waals surface area contributed by atoms with Crippen molar-refractivity contribution >= 4 is 38.5 Å². The number of benzene rings is 2. The van der Waals surface area contributed by atoms with E-state index in [1.807, 2.05) is 0 Å². The monoisotopic (exact) mass is 338 g/mol. The van der Waals surface area contributed by atoms with Crippen LogP contribution in [0.15, 0.2) is 47.4 Å². The Morgan fingerprint density at radius 2 is 1.73 bits per heavy atom. The fourth-order valence-electron chi connectivity index (χ4n) is 1.79. The Morgan fingerprint density at radius 3 is 2.27 bits per heavy atom. The molecule has 116 valence electrons. The van der Waals surface area contributed by atoms with E-state index in [-0.39, 0.29) is 15.7 Å². The molecule has 0 bridgehead atoms. The molecule has 2 aromatic rings. The second kappa shape index (κ2) is 6.41. The summed E-state index contributed by atoms with van der Waals surface area (Å²) in [4.78, 5) is 0.224. The molecule has 0 saturated carbocycles. The average molecular weight is 338 g/mol. The summed E-state index contributed by atoms with van der Waals surface area (Å²) in [6, 6.07) is 10.9. The highest BCUT2D eigenvalue weighted by molar-refractivity contribution is 7.90. The van der Waals surface area contributed by atoms with Crippen molar-refractivity contribution in [1.82, 2.24) is 0 Å². The number of nitrogens with one attached hydrogen (secondary N) is 2. The first-order valence-corrected chi connectivity index (χ1v) is 8.70. The number of halogens is 1. The van der Waals surface area contributed by atoms with Gasteiger partial charge in [-0.15, -0.1) is 0 Å². The van der Waals surface area contributed by atoms with Gasteiger partial charge in [-0.2, -0.15) is 0 Å². The Hall–Kier alpha value is -1.99.